The zero-order valence-corrected chi connectivity index (χ0v) is 20.0. The third-order valence-electron chi connectivity index (χ3n) is 6.75. The summed E-state index contributed by atoms with van der Waals surface area (Å²) in [7, 11) is 0. The van der Waals surface area contributed by atoms with E-state index in [2.05, 4.69) is 15.3 Å². The van der Waals surface area contributed by atoms with E-state index in [0.717, 1.165) is 15.1 Å². The largest absolute Gasteiger partial charge is 0.486 e. The lowest BCUT2D eigenvalue weighted by Gasteiger charge is -2.29. The minimum atomic E-state index is -1.11. The van der Waals surface area contributed by atoms with Crippen LogP contribution < -0.4 is 10.1 Å². The number of hydrogen-bond acceptors (Lipinski definition) is 7. The molecule has 1 saturated carbocycles. The lowest BCUT2D eigenvalue weighted by molar-refractivity contribution is -0.141. The topological polar surface area (TPSA) is 84.4 Å². The molecule has 1 aromatic carbocycles. The molecule has 1 N–H and O–H groups in total. The van der Waals surface area contributed by atoms with Crippen molar-refractivity contribution >= 4 is 45.0 Å². The molecule has 4 heterocycles. The number of carbonyl (C=O) groups is 2. The van der Waals surface area contributed by atoms with Gasteiger partial charge in [0, 0.05) is 22.0 Å². The molecule has 10 heteroatoms. The van der Waals surface area contributed by atoms with Crippen LogP contribution in [0.25, 0.3) is 21.5 Å². The van der Waals surface area contributed by atoms with Crippen LogP contribution in [0.3, 0.4) is 0 Å². The van der Waals surface area contributed by atoms with Gasteiger partial charge in [-0.15, -0.1) is 11.3 Å². The van der Waals surface area contributed by atoms with Crippen LogP contribution in [0.5, 0.6) is 5.75 Å². The van der Waals surface area contributed by atoms with E-state index in [1.807, 2.05) is 13.0 Å². The summed E-state index contributed by atoms with van der Waals surface area (Å²) in [6.07, 6.45) is 1.04. The number of aryl methyl sites for hydroxylation is 1. The number of benzene rings is 1. The molecule has 0 radical (unpaired) electrons. The van der Waals surface area contributed by atoms with Crippen molar-refractivity contribution in [1.29, 1.82) is 0 Å². The number of thiophene rings is 1. The third-order valence-corrected chi connectivity index (χ3v) is 8.08. The highest BCUT2D eigenvalue weighted by atomic mass is 35.5. The van der Waals surface area contributed by atoms with Crippen molar-refractivity contribution in [1.82, 2.24) is 20.2 Å². The number of nitrogens with zero attached hydrogens (tertiary/aromatic N) is 3. The molecule has 2 saturated heterocycles. The monoisotopic (exact) mass is 500 g/mol. The van der Waals surface area contributed by atoms with Crippen molar-refractivity contribution < 1.29 is 18.7 Å². The molecule has 3 aliphatic rings. The normalized spacial score (nSPS) is 26.3. The second-order valence-electron chi connectivity index (χ2n) is 9.13. The second kappa shape index (κ2) is 8.25. The maximum atomic E-state index is 14.5. The van der Waals surface area contributed by atoms with Crippen LogP contribution in [0.2, 0.25) is 5.02 Å². The van der Waals surface area contributed by atoms with E-state index in [-0.39, 0.29) is 36.7 Å². The van der Waals surface area contributed by atoms with Crippen LogP contribution in [-0.2, 0) is 16.1 Å². The van der Waals surface area contributed by atoms with Gasteiger partial charge in [-0.1, -0.05) is 11.6 Å². The predicted molar refractivity (Wildman–Crippen MR) is 127 cm³/mol. The molecule has 2 aromatic heterocycles. The first-order valence-corrected chi connectivity index (χ1v) is 12.5. The third kappa shape index (κ3) is 3.66. The maximum absolute atomic E-state index is 14.5. The average Bonchev–Trinajstić information content (AvgIpc) is 3.45. The fourth-order valence-corrected chi connectivity index (χ4v) is 6.25. The molecule has 176 valence electrons. The van der Waals surface area contributed by atoms with Crippen molar-refractivity contribution in [3.05, 3.63) is 40.0 Å². The molecule has 2 amide bonds. The van der Waals surface area contributed by atoms with Gasteiger partial charge in [-0.25, -0.2) is 14.4 Å². The fraction of sp³-hybridized carbons (Fsp3) is 0.417. The average molecular weight is 501 g/mol. The lowest BCUT2D eigenvalue weighted by atomic mass is 10.0. The number of piperidine rings is 2. The van der Waals surface area contributed by atoms with E-state index in [4.69, 9.17) is 16.3 Å². The summed E-state index contributed by atoms with van der Waals surface area (Å²) in [5.41, 5.74) is 2.81. The van der Waals surface area contributed by atoms with Gasteiger partial charge in [0.05, 0.1) is 34.3 Å². The number of halogens is 2. The summed E-state index contributed by atoms with van der Waals surface area (Å²) in [4.78, 5) is 36.0. The summed E-state index contributed by atoms with van der Waals surface area (Å²) in [6.45, 7) is 3.07. The van der Waals surface area contributed by atoms with Gasteiger partial charge in [0.1, 0.15) is 24.4 Å². The first-order valence-electron chi connectivity index (χ1n) is 11.3. The SMILES string of the molecule is Cc1cc(Cl)cc(-c2ncnc3cc(CN4C(=O)C5CC5C4=O)sc23)c1O[C@@H]1CCNC[C@H]1F. The Kier molecular flexibility index (Phi) is 5.31. The summed E-state index contributed by atoms with van der Waals surface area (Å²) in [6, 6.07) is 5.46. The summed E-state index contributed by atoms with van der Waals surface area (Å²) < 4.78 is 21.5. The molecule has 6 rings (SSSR count). The molecular formula is C24H22ClFN4O3S. The van der Waals surface area contributed by atoms with Crippen LogP contribution in [0.4, 0.5) is 4.39 Å². The fourth-order valence-electron chi connectivity index (χ4n) is 4.88. The summed E-state index contributed by atoms with van der Waals surface area (Å²) in [5.74, 6) is 0.144. The van der Waals surface area contributed by atoms with E-state index < -0.39 is 12.3 Å². The highest BCUT2D eigenvalue weighted by Gasteiger charge is 2.58. The van der Waals surface area contributed by atoms with Gasteiger partial charge in [0.15, 0.2) is 0 Å². The zero-order chi connectivity index (χ0) is 23.6. The maximum Gasteiger partial charge on any atom is 0.233 e. The van der Waals surface area contributed by atoms with E-state index in [1.165, 1.54) is 22.6 Å². The lowest BCUT2D eigenvalue weighted by Crippen LogP contribution is -2.44. The quantitative estimate of drug-likeness (QED) is 0.535. The van der Waals surface area contributed by atoms with Crippen LogP contribution in [-0.4, -0.2) is 52.0 Å². The van der Waals surface area contributed by atoms with Gasteiger partial charge < -0.3 is 10.1 Å². The smallest absolute Gasteiger partial charge is 0.233 e. The van der Waals surface area contributed by atoms with E-state index in [9.17, 15) is 14.0 Å². The Bertz CT molecular complexity index is 1310. The zero-order valence-electron chi connectivity index (χ0n) is 18.4. The summed E-state index contributed by atoms with van der Waals surface area (Å²) >= 11 is 7.84. The molecule has 2 unspecified atom stereocenters. The molecule has 7 nitrogen and oxygen atoms in total. The second-order valence-corrected chi connectivity index (χ2v) is 10.7. The Balaban J connectivity index is 1.38. The molecule has 1 aliphatic carbocycles. The molecule has 2 aliphatic heterocycles. The summed E-state index contributed by atoms with van der Waals surface area (Å²) in [5, 5.41) is 3.57. The first-order chi connectivity index (χ1) is 16.4. The molecule has 4 atom stereocenters. The van der Waals surface area contributed by atoms with Crippen molar-refractivity contribution in [3.8, 4) is 17.0 Å². The minimum Gasteiger partial charge on any atom is -0.486 e. The van der Waals surface area contributed by atoms with Crippen molar-refractivity contribution in [2.24, 2.45) is 11.8 Å². The highest BCUT2D eigenvalue weighted by Crippen LogP contribution is 2.48. The molecule has 34 heavy (non-hydrogen) atoms. The number of hydrogen-bond donors (Lipinski definition) is 1. The van der Waals surface area contributed by atoms with Gasteiger partial charge >= 0.3 is 0 Å². The number of imide groups is 1. The van der Waals surface area contributed by atoms with Gasteiger partial charge in [-0.05, 0) is 50.1 Å². The molecule has 0 bridgehead atoms. The number of rotatable bonds is 5. The Morgan fingerprint density at radius 3 is 2.79 bits per heavy atom. The van der Waals surface area contributed by atoms with Gasteiger partial charge in [-0.3, -0.25) is 14.5 Å². The van der Waals surface area contributed by atoms with Crippen LogP contribution in [0.1, 0.15) is 23.3 Å². The van der Waals surface area contributed by atoms with E-state index in [1.54, 1.807) is 12.1 Å². The van der Waals surface area contributed by atoms with E-state index in [0.29, 0.717) is 46.9 Å². The number of fused-ring (bicyclic) bond motifs is 2. The van der Waals surface area contributed by atoms with Crippen molar-refractivity contribution in [2.75, 3.05) is 13.1 Å². The number of aromatic nitrogens is 2. The molecule has 0 spiro atoms. The first kappa shape index (κ1) is 21.9. The van der Waals surface area contributed by atoms with Crippen LogP contribution in [0, 0.1) is 18.8 Å². The standard InChI is InChI=1S/C24H22ClFN4O3S/c1-11-4-12(25)5-16(21(11)33-19-2-3-27-8-17(19)26)20-22-18(28-10-29-20)6-13(34-22)9-30-23(31)14-7-15(14)24(30)32/h4-6,10,14-15,17,19,27H,2-3,7-9H2,1H3/t14?,15?,17-,19-/m1/s1. The van der Waals surface area contributed by atoms with E-state index >= 15 is 0 Å². The minimum absolute atomic E-state index is 0.0809. The number of alkyl halides is 1. The number of likely N-dealkylation sites (tertiary alicyclic amines) is 1. The number of amides is 2. The van der Waals surface area contributed by atoms with Crippen molar-refractivity contribution in [3.63, 3.8) is 0 Å². The number of ether oxygens (including phenoxy) is 1. The number of carbonyl (C=O) groups excluding carboxylic acids is 2. The Morgan fingerprint density at radius 2 is 2.03 bits per heavy atom. The molecule has 3 fully saturated rings. The van der Waals surface area contributed by atoms with Gasteiger partial charge in [0.25, 0.3) is 0 Å². The Labute approximate surface area is 204 Å². The van der Waals surface area contributed by atoms with Gasteiger partial charge in [0.2, 0.25) is 11.8 Å². The predicted octanol–water partition coefficient (Wildman–Crippen LogP) is 3.90. The highest BCUT2D eigenvalue weighted by molar-refractivity contribution is 7.19. The number of nitrogens with one attached hydrogen (secondary N) is 1. The molecular weight excluding hydrogens is 479 g/mol. The van der Waals surface area contributed by atoms with Crippen LogP contribution >= 0.6 is 22.9 Å². The van der Waals surface area contributed by atoms with Gasteiger partial charge in [-0.2, -0.15) is 0 Å². The Morgan fingerprint density at radius 1 is 1.24 bits per heavy atom. The van der Waals surface area contributed by atoms with Crippen LogP contribution in [0.15, 0.2) is 24.5 Å². The Hall–Kier alpha value is -2.62. The molecule has 3 aromatic rings. The van der Waals surface area contributed by atoms with Crippen molar-refractivity contribution in [2.45, 2.75) is 38.6 Å².